The van der Waals surface area contributed by atoms with Gasteiger partial charge in [0.2, 0.25) is 5.91 Å². The van der Waals surface area contributed by atoms with Crippen LogP contribution in [0.1, 0.15) is 57.8 Å². The third kappa shape index (κ3) is 3.80. The maximum atomic E-state index is 13.0. The molecule has 6 rings (SSSR count). The second-order valence-corrected chi connectivity index (χ2v) is 10.6. The maximum Gasteiger partial charge on any atom is 0.319 e. The number of carbonyl (C=O) groups excluding carboxylic acids is 2. The number of nitrogens with one attached hydrogen (secondary N) is 1. The van der Waals surface area contributed by atoms with Crippen molar-refractivity contribution in [2.45, 2.75) is 63.8 Å². The highest BCUT2D eigenvalue weighted by molar-refractivity contribution is 5.80. The van der Waals surface area contributed by atoms with Gasteiger partial charge in [0, 0.05) is 38.1 Å². The summed E-state index contributed by atoms with van der Waals surface area (Å²) in [6.45, 7) is 2.28. The van der Waals surface area contributed by atoms with Gasteiger partial charge in [-0.2, -0.15) is 0 Å². The Labute approximate surface area is 178 Å². The lowest BCUT2D eigenvalue weighted by Crippen LogP contribution is -2.57. The van der Waals surface area contributed by atoms with Gasteiger partial charge in [0.05, 0.1) is 5.92 Å². The molecule has 0 radical (unpaired) electrons. The number of piperidine rings is 2. The summed E-state index contributed by atoms with van der Waals surface area (Å²) in [6.07, 6.45) is 9.19. The highest BCUT2D eigenvalue weighted by Crippen LogP contribution is 2.53. The van der Waals surface area contributed by atoms with Crippen molar-refractivity contribution in [1.82, 2.24) is 15.1 Å². The van der Waals surface area contributed by atoms with Gasteiger partial charge < -0.3 is 20.2 Å². The predicted molar refractivity (Wildman–Crippen MR) is 111 cm³/mol. The number of carbonyl (C=O) groups is 3. The molecule has 30 heavy (non-hydrogen) atoms. The molecule has 7 nitrogen and oxygen atoms in total. The molecule has 2 N–H and O–H groups in total. The van der Waals surface area contributed by atoms with E-state index in [4.69, 9.17) is 5.11 Å². The number of nitrogens with zero attached hydrogens (tertiary/aromatic N) is 2. The van der Waals surface area contributed by atoms with Gasteiger partial charge in [-0.1, -0.05) is 0 Å². The molecule has 3 amide bonds. The molecule has 0 aromatic carbocycles. The van der Waals surface area contributed by atoms with Crippen LogP contribution >= 0.6 is 0 Å². The number of carboxylic acid groups (broad SMARTS) is 1. The Morgan fingerprint density at radius 3 is 1.63 bits per heavy atom. The van der Waals surface area contributed by atoms with E-state index < -0.39 is 5.97 Å². The van der Waals surface area contributed by atoms with Crippen LogP contribution < -0.4 is 5.32 Å². The minimum Gasteiger partial charge on any atom is -0.481 e. The second kappa shape index (κ2) is 8.04. The fraction of sp³-hybridized carbons (Fsp3) is 0.870. The first kappa shape index (κ1) is 20.1. The molecule has 0 atom stereocenters. The summed E-state index contributed by atoms with van der Waals surface area (Å²) >= 11 is 0. The normalized spacial score (nSPS) is 36.7. The molecule has 0 unspecified atom stereocenters. The zero-order valence-electron chi connectivity index (χ0n) is 17.8. The molecule has 0 aromatic heterocycles. The molecule has 6 aliphatic rings. The smallest absolute Gasteiger partial charge is 0.319 e. The summed E-state index contributed by atoms with van der Waals surface area (Å²) in [7, 11) is 0. The second-order valence-electron chi connectivity index (χ2n) is 10.6. The minimum atomic E-state index is -0.756. The van der Waals surface area contributed by atoms with Crippen molar-refractivity contribution in [3.63, 3.8) is 0 Å². The van der Waals surface area contributed by atoms with Crippen molar-refractivity contribution in [2.75, 3.05) is 26.2 Å². The summed E-state index contributed by atoms with van der Waals surface area (Å²) in [4.78, 5) is 40.5. The Hall–Kier alpha value is -1.79. The number of hydrogen-bond donors (Lipinski definition) is 2. The van der Waals surface area contributed by atoms with Crippen LogP contribution in [-0.2, 0) is 9.59 Å². The van der Waals surface area contributed by atoms with Gasteiger partial charge in [-0.25, -0.2) is 4.79 Å². The number of hydrogen-bond acceptors (Lipinski definition) is 3. The van der Waals surface area contributed by atoms with Crippen LogP contribution in [0.2, 0.25) is 0 Å². The van der Waals surface area contributed by atoms with Gasteiger partial charge in [-0.15, -0.1) is 0 Å². The number of aliphatic carboxylic acids is 1. The molecule has 7 heteroatoms. The summed E-state index contributed by atoms with van der Waals surface area (Å²) in [5.74, 6) is 2.36. The van der Waals surface area contributed by atoms with E-state index in [1.165, 1.54) is 32.1 Å². The first-order valence-corrected chi connectivity index (χ1v) is 12.0. The molecule has 6 fully saturated rings. The number of rotatable bonds is 3. The standard InChI is InChI=1S/C23H35N3O4/c27-21(24-20-18-10-14-9-15(12-18)13-19(20)11-14)16-1-5-25(6-2-16)23(30)26-7-3-17(4-8-26)22(28)29/h14-20H,1-13H2,(H,24,27)(H,28,29). The molecule has 0 spiro atoms. The number of amides is 3. The van der Waals surface area contributed by atoms with Crippen molar-refractivity contribution in [3.8, 4) is 0 Å². The first-order chi connectivity index (χ1) is 14.5. The third-order valence-electron chi connectivity index (χ3n) is 8.79. The van der Waals surface area contributed by atoms with Gasteiger partial charge in [0.1, 0.15) is 0 Å². The Kier molecular flexibility index (Phi) is 5.40. The van der Waals surface area contributed by atoms with E-state index in [0.717, 1.165) is 24.7 Å². The Balaban J connectivity index is 1.09. The quantitative estimate of drug-likeness (QED) is 0.738. The molecule has 4 aliphatic carbocycles. The number of carboxylic acids is 1. The van der Waals surface area contributed by atoms with Crippen molar-refractivity contribution in [2.24, 2.45) is 35.5 Å². The minimum absolute atomic E-state index is 0.0127. The SMILES string of the molecule is O=C(O)C1CCN(C(=O)N2CCC(C(=O)NC3C4CC5CC(C4)CC3C5)CC2)CC1. The molecule has 4 bridgehead atoms. The Morgan fingerprint density at radius 1 is 0.700 bits per heavy atom. The zero-order chi connectivity index (χ0) is 20.8. The van der Waals surface area contributed by atoms with Gasteiger partial charge >= 0.3 is 12.0 Å². The Bertz CT molecular complexity index is 667. The highest BCUT2D eigenvalue weighted by atomic mass is 16.4. The van der Waals surface area contributed by atoms with E-state index in [-0.39, 0.29) is 23.8 Å². The van der Waals surface area contributed by atoms with E-state index in [0.29, 0.717) is 56.9 Å². The monoisotopic (exact) mass is 417 g/mol. The Morgan fingerprint density at radius 2 is 1.17 bits per heavy atom. The summed E-state index contributed by atoms with van der Waals surface area (Å²) in [5.41, 5.74) is 0. The molecule has 2 aliphatic heterocycles. The number of likely N-dealkylation sites (tertiary alicyclic amines) is 2. The fourth-order valence-electron chi connectivity index (χ4n) is 7.29. The molecule has 0 aromatic rings. The zero-order valence-corrected chi connectivity index (χ0v) is 17.8. The number of urea groups is 1. The van der Waals surface area contributed by atoms with Crippen LogP contribution in [0, 0.1) is 35.5 Å². The lowest BCUT2D eigenvalue weighted by molar-refractivity contribution is -0.143. The maximum absolute atomic E-state index is 13.0. The van der Waals surface area contributed by atoms with Crippen molar-refractivity contribution < 1.29 is 19.5 Å². The van der Waals surface area contributed by atoms with E-state index in [9.17, 15) is 14.4 Å². The first-order valence-electron chi connectivity index (χ1n) is 12.0. The highest BCUT2D eigenvalue weighted by Gasteiger charge is 2.49. The molecule has 4 saturated carbocycles. The molecular weight excluding hydrogens is 382 g/mol. The topological polar surface area (TPSA) is 90.0 Å². The van der Waals surface area contributed by atoms with E-state index >= 15 is 0 Å². The molecule has 166 valence electrons. The summed E-state index contributed by atoms with van der Waals surface area (Å²) in [6, 6.07) is 0.402. The fourth-order valence-corrected chi connectivity index (χ4v) is 7.29. The van der Waals surface area contributed by atoms with Crippen LogP contribution in [-0.4, -0.2) is 65.0 Å². The van der Waals surface area contributed by atoms with Crippen LogP contribution in [0.4, 0.5) is 4.79 Å². The average Bonchev–Trinajstić information content (AvgIpc) is 2.75. The van der Waals surface area contributed by atoms with E-state index in [2.05, 4.69) is 5.32 Å². The van der Waals surface area contributed by atoms with Gasteiger partial charge in [0.15, 0.2) is 0 Å². The van der Waals surface area contributed by atoms with Crippen LogP contribution in [0.3, 0.4) is 0 Å². The van der Waals surface area contributed by atoms with Crippen molar-refractivity contribution >= 4 is 17.9 Å². The van der Waals surface area contributed by atoms with Crippen LogP contribution in [0.25, 0.3) is 0 Å². The predicted octanol–water partition coefficient (Wildman–Crippen LogP) is 2.56. The average molecular weight is 418 g/mol. The van der Waals surface area contributed by atoms with Gasteiger partial charge in [-0.05, 0) is 81.5 Å². The summed E-state index contributed by atoms with van der Waals surface area (Å²) < 4.78 is 0. The lowest BCUT2D eigenvalue weighted by atomic mass is 9.54. The van der Waals surface area contributed by atoms with Gasteiger partial charge in [0.25, 0.3) is 0 Å². The largest absolute Gasteiger partial charge is 0.481 e. The summed E-state index contributed by atoms with van der Waals surface area (Å²) in [5, 5.41) is 12.6. The molecular formula is C23H35N3O4. The van der Waals surface area contributed by atoms with Crippen LogP contribution in [0.15, 0.2) is 0 Å². The van der Waals surface area contributed by atoms with Gasteiger partial charge in [-0.3, -0.25) is 9.59 Å². The molecule has 2 saturated heterocycles. The molecule has 2 heterocycles. The van der Waals surface area contributed by atoms with Crippen molar-refractivity contribution in [3.05, 3.63) is 0 Å². The van der Waals surface area contributed by atoms with E-state index in [1.807, 2.05) is 4.90 Å². The van der Waals surface area contributed by atoms with Crippen LogP contribution in [0.5, 0.6) is 0 Å². The lowest BCUT2D eigenvalue weighted by Gasteiger charge is -2.54. The third-order valence-corrected chi connectivity index (χ3v) is 8.79. The van der Waals surface area contributed by atoms with E-state index in [1.54, 1.807) is 4.90 Å². The van der Waals surface area contributed by atoms with Crippen molar-refractivity contribution in [1.29, 1.82) is 0 Å².